The van der Waals surface area contributed by atoms with Crippen LogP contribution in [0.5, 0.6) is 0 Å². The normalized spacial score (nSPS) is 25.9. The van der Waals surface area contributed by atoms with Crippen molar-refractivity contribution in [1.29, 1.82) is 0 Å². The minimum atomic E-state index is 0.476. The van der Waals surface area contributed by atoms with Gasteiger partial charge in [0.05, 0.1) is 18.6 Å². The van der Waals surface area contributed by atoms with E-state index >= 15 is 0 Å². The molecule has 1 saturated heterocycles. The molecule has 0 spiro atoms. The molecule has 1 aromatic rings. The Labute approximate surface area is 139 Å². The molecule has 1 aromatic heterocycles. The highest BCUT2D eigenvalue weighted by Gasteiger charge is 2.30. The summed E-state index contributed by atoms with van der Waals surface area (Å²) in [6.45, 7) is 8.87. The number of rotatable bonds is 7. The van der Waals surface area contributed by atoms with Crippen LogP contribution in [-0.4, -0.2) is 65.3 Å². The van der Waals surface area contributed by atoms with Gasteiger partial charge in [-0.1, -0.05) is 0 Å². The van der Waals surface area contributed by atoms with E-state index in [1.54, 1.807) is 0 Å². The number of likely N-dealkylation sites (tertiary alicyclic amines) is 1. The molecule has 0 N–H and O–H groups in total. The molecule has 3 heterocycles. The Bertz CT molecular complexity index is 519. The molecule has 23 heavy (non-hydrogen) atoms. The standard InChI is InChI=1S/C18H30N4O/c1-20-14-19-17-11-22(9-8-21-6-2-3-7-21)10-16(18(17)20)13-23-12-15-4-5-15/h14-16H,2-13H2,1H3/t16-/m0/s1. The predicted octanol–water partition coefficient (Wildman–Crippen LogP) is 1.84. The lowest BCUT2D eigenvalue weighted by atomic mass is 9.99. The van der Waals surface area contributed by atoms with E-state index in [2.05, 4.69) is 26.4 Å². The van der Waals surface area contributed by atoms with Crippen molar-refractivity contribution in [2.75, 3.05) is 45.9 Å². The molecule has 0 radical (unpaired) electrons. The van der Waals surface area contributed by atoms with Crippen LogP contribution in [0.1, 0.15) is 43.0 Å². The summed E-state index contributed by atoms with van der Waals surface area (Å²) in [7, 11) is 2.12. The molecule has 4 rings (SSSR count). The van der Waals surface area contributed by atoms with Gasteiger partial charge in [0.2, 0.25) is 0 Å². The van der Waals surface area contributed by atoms with Crippen LogP contribution in [-0.2, 0) is 18.3 Å². The maximum absolute atomic E-state index is 6.03. The number of hydrogen-bond acceptors (Lipinski definition) is 4. The highest BCUT2D eigenvalue weighted by atomic mass is 16.5. The average molecular weight is 318 g/mol. The van der Waals surface area contributed by atoms with Gasteiger partial charge < -0.3 is 14.2 Å². The first-order valence-corrected chi connectivity index (χ1v) is 9.32. The quantitative estimate of drug-likeness (QED) is 0.768. The maximum atomic E-state index is 6.03. The zero-order valence-corrected chi connectivity index (χ0v) is 14.4. The van der Waals surface area contributed by atoms with Crippen molar-refractivity contribution >= 4 is 0 Å². The van der Waals surface area contributed by atoms with Crippen molar-refractivity contribution in [2.45, 2.75) is 38.1 Å². The molecular weight excluding hydrogens is 288 g/mol. The van der Waals surface area contributed by atoms with E-state index in [9.17, 15) is 0 Å². The van der Waals surface area contributed by atoms with Gasteiger partial charge in [-0.25, -0.2) is 4.98 Å². The summed E-state index contributed by atoms with van der Waals surface area (Å²) >= 11 is 0. The summed E-state index contributed by atoms with van der Waals surface area (Å²) in [6.07, 6.45) is 7.46. The van der Waals surface area contributed by atoms with E-state index in [-0.39, 0.29) is 0 Å². The van der Waals surface area contributed by atoms with E-state index in [1.807, 2.05) is 6.33 Å². The molecule has 2 fully saturated rings. The molecule has 0 aromatic carbocycles. The third kappa shape index (κ3) is 3.78. The summed E-state index contributed by atoms with van der Waals surface area (Å²) in [6, 6.07) is 0. The summed E-state index contributed by atoms with van der Waals surface area (Å²) in [5.41, 5.74) is 2.67. The fourth-order valence-corrected chi connectivity index (χ4v) is 4.06. The zero-order chi connectivity index (χ0) is 15.6. The van der Waals surface area contributed by atoms with Crippen LogP contribution in [0.4, 0.5) is 0 Å². The van der Waals surface area contributed by atoms with Gasteiger partial charge in [-0.05, 0) is 44.7 Å². The van der Waals surface area contributed by atoms with Crippen LogP contribution in [0.15, 0.2) is 6.33 Å². The first kappa shape index (κ1) is 15.6. The lowest BCUT2D eigenvalue weighted by Crippen LogP contribution is -2.40. The molecular formula is C18H30N4O. The maximum Gasteiger partial charge on any atom is 0.0949 e. The number of fused-ring (bicyclic) bond motifs is 1. The molecule has 1 atom stereocenters. The van der Waals surface area contributed by atoms with Gasteiger partial charge in [0, 0.05) is 51.4 Å². The van der Waals surface area contributed by atoms with Gasteiger partial charge in [-0.15, -0.1) is 0 Å². The van der Waals surface area contributed by atoms with Gasteiger partial charge in [-0.3, -0.25) is 4.90 Å². The minimum absolute atomic E-state index is 0.476. The minimum Gasteiger partial charge on any atom is -0.380 e. The zero-order valence-electron chi connectivity index (χ0n) is 14.4. The van der Waals surface area contributed by atoms with Crippen molar-refractivity contribution in [2.24, 2.45) is 13.0 Å². The lowest BCUT2D eigenvalue weighted by Gasteiger charge is -2.33. The van der Waals surface area contributed by atoms with Crippen LogP contribution in [0.3, 0.4) is 0 Å². The number of aromatic nitrogens is 2. The third-order valence-electron chi connectivity index (χ3n) is 5.60. The van der Waals surface area contributed by atoms with Crippen LogP contribution in [0, 0.1) is 5.92 Å². The number of nitrogens with zero attached hydrogens (tertiary/aromatic N) is 4. The predicted molar refractivity (Wildman–Crippen MR) is 90.4 cm³/mol. The van der Waals surface area contributed by atoms with Gasteiger partial charge in [0.15, 0.2) is 0 Å². The van der Waals surface area contributed by atoms with Crippen molar-refractivity contribution in [3.8, 4) is 0 Å². The number of imidazole rings is 1. The Morgan fingerprint density at radius 3 is 2.70 bits per heavy atom. The third-order valence-corrected chi connectivity index (χ3v) is 5.60. The fraction of sp³-hybridized carbons (Fsp3) is 0.833. The summed E-state index contributed by atoms with van der Waals surface area (Å²) in [5.74, 6) is 1.32. The smallest absolute Gasteiger partial charge is 0.0949 e. The Hall–Kier alpha value is -0.910. The Balaban J connectivity index is 1.36. The van der Waals surface area contributed by atoms with E-state index in [0.29, 0.717) is 5.92 Å². The topological polar surface area (TPSA) is 33.5 Å². The van der Waals surface area contributed by atoms with Gasteiger partial charge in [0.25, 0.3) is 0 Å². The van der Waals surface area contributed by atoms with Crippen LogP contribution >= 0.6 is 0 Å². The summed E-state index contributed by atoms with van der Waals surface area (Å²) in [5, 5.41) is 0. The molecule has 3 aliphatic rings. The Morgan fingerprint density at radius 2 is 1.91 bits per heavy atom. The van der Waals surface area contributed by atoms with Gasteiger partial charge in [-0.2, -0.15) is 0 Å². The number of hydrogen-bond donors (Lipinski definition) is 0. The number of aryl methyl sites for hydroxylation is 1. The number of ether oxygens (including phenoxy) is 1. The van der Waals surface area contributed by atoms with Crippen molar-refractivity contribution in [3.05, 3.63) is 17.7 Å². The van der Waals surface area contributed by atoms with Gasteiger partial charge >= 0.3 is 0 Å². The van der Waals surface area contributed by atoms with Gasteiger partial charge in [0.1, 0.15) is 0 Å². The second-order valence-electron chi connectivity index (χ2n) is 7.65. The fourth-order valence-electron chi connectivity index (χ4n) is 4.06. The molecule has 0 bridgehead atoms. The van der Waals surface area contributed by atoms with E-state index < -0.39 is 0 Å². The van der Waals surface area contributed by atoms with E-state index in [4.69, 9.17) is 4.74 Å². The first-order chi connectivity index (χ1) is 11.3. The first-order valence-electron chi connectivity index (χ1n) is 9.32. The van der Waals surface area contributed by atoms with E-state index in [0.717, 1.165) is 38.8 Å². The lowest BCUT2D eigenvalue weighted by molar-refractivity contribution is 0.0861. The highest BCUT2D eigenvalue weighted by molar-refractivity contribution is 5.21. The summed E-state index contributed by atoms with van der Waals surface area (Å²) < 4.78 is 8.23. The molecule has 2 aliphatic heterocycles. The van der Waals surface area contributed by atoms with Crippen molar-refractivity contribution < 1.29 is 4.74 Å². The van der Waals surface area contributed by atoms with E-state index in [1.165, 1.54) is 56.7 Å². The molecule has 128 valence electrons. The van der Waals surface area contributed by atoms with Crippen LogP contribution in [0.25, 0.3) is 0 Å². The molecule has 1 saturated carbocycles. The second-order valence-corrected chi connectivity index (χ2v) is 7.65. The molecule has 1 aliphatic carbocycles. The average Bonchev–Trinajstić information content (AvgIpc) is 3.07. The SMILES string of the molecule is Cn1cnc2c1[C@H](COCC1CC1)CN(CCN1CCCC1)C2. The largest absolute Gasteiger partial charge is 0.380 e. The Morgan fingerprint density at radius 1 is 1.13 bits per heavy atom. The van der Waals surface area contributed by atoms with Crippen molar-refractivity contribution in [1.82, 2.24) is 19.4 Å². The van der Waals surface area contributed by atoms with Crippen LogP contribution in [0.2, 0.25) is 0 Å². The Kier molecular flexibility index (Phi) is 4.69. The molecule has 0 unspecified atom stereocenters. The molecule has 0 amide bonds. The second kappa shape index (κ2) is 6.91. The molecule has 5 nitrogen and oxygen atoms in total. The van der Waals surface area contributed by atoms with Crippen molar-refractivity contribution in [3.63, 3.8) is 0 Å². The highest BCUT2D eigenvalue weighted by Crippen LogP contribution is 2.31. The summed E-state index contributed by atoms with van der Waals surface area (Å²) in [4.78, 5) is 9.83. The van der Waals surface area contributed by atoms with Crippen LogP contribution < -0.4 is 0 Å². The monoisotopic (exact) mass is 318 g/mol. The molecule has 5 heteroatoms.